The number of aliphatic carboxylic acids is 1. The van der Waals surface area contributed by atoms with E-state index in [-0.39, 0.29) is 19.1 Å². The highest BCUT2D eigenvalue weighted by Gasteiger charge is 2.34. The van der Waals surface area contributed by atoms with Crippen LogP contribution in [-0.4, -0.2) is 57.1 Å². The summed E-state index contributed by atoms with van der Waals surface area (Å²) in [6.07, 6.45) is 1.31. The molecule has 1 unspecified atom stereocenters. The van der Waals surface area contributed by atoms with Crippen LogP contribution in [0.2, 0.25) is 0 Å². The number of hydrogen-bond acceptors (Lipinski definition) is 8. The number of aromatic nitrogens is 4. The quantitative estimate of drug-likeness (QED) is 0.314. The van der Waals surface area contributed by atoms with Gasteiger partial charge in [0.05, 0.1) is 13.0 Å². The lowest BCUT2D eigenvalue weighted by Crippen LogP contribution is -2.33. The van der Waals surface area contributed by atoms with Gasteiger partial charge in [0.25, 0.3) is 0 Å². The molecule has 38 heavy (non-hydrogen) atoms. The summed E-state index contributed by atoms with van der Waals surface area (Å²) in [4.78, 5) is 16.8. The Morgan fingerprint density at radius 2 is 1.97 bits per heavy atom. The van der Waals surface area contributed by atoms with Crippen molar-refractivity contribution in [3.63, 3.8) is 0 Å². The first-order chi connectivity index (χ1) is 18.1. The molecule has 0 spiro atoms. The first-order valence-corrected chi connectivity index (χ1v) is 13.8. The summed E-state index contributed by atoms with van der Waals surface area (Å²) in [7, 11) is -1.55. The van der Waals surface area contributed by atoms with Gasteiger partial charge in [0.2, 0.25) is 0 Å². The maximum absolute atomic E-state index is 11.9. The molecule has 0 saturated carbocycles. The van der Waals surface area contributed by atoms with Gasteiger partial charge in [-0.25, -0.2) is 9.67 Å². The van der Waals surface area contributed by atoms with Crippen LogP contribution < -0.4 is 4.74 Å². The van der Waals surface area contributed by atoms with Gasteiger partial charge < -0.3 is 9.84 Å². The van der Waals surface area contributed by atoms with Gasteiger partial charge in [0, 0.05) is 25.7 Å². The molecule has 11 heteroatoms. The first-order valence-electron chi connectivity index (χ1n) is 12.3. The number of fused-ring (bicyclic) bond motifs is 2. The number of nitrogens with zero attached hydrogens (tertiary/aromatic N) is 5. The molecule has 2 aromatic heterocycles. The molecule has 0 fully saturated rings. The van der Waals surface area contributed by atoms with Gasteiger partial charge in [0.1, 0.15) is 22.3 Å². The molecule has 200 valence electrons. The largest absolute Gasteiger partial charge is 0.487 e. The fraction of sp³-hybridized carbons (Fsp3) is 0.333. The van der Waals surface area contributed by atoms with Gasteiger partial charge in [-0.15, -0.1) is 15.9 Å². The van der Waals surface area contributed by atoms with Gasteiger partial charge in [-0.3, -0.25) is 13.9 Å². The number of benzene rings is 2. The van der Waals surface area contributed by atoms with Crippen molar-refractivity contribution in [2.45, 2.75) is 50.7 Å². The lowest BCUT2D eigenvalue weighted by molar-refractivity contribution is -0.137. The smallest absolute Gasteiger partial charge is 0.304 e. The minimum atomic E-state index is -3.31. The Morgan fingerprint density at radius 1 is 1.21 bits per heavy atom. The maximum Gasteiger partial charge on any atom is 0.304 e. The predicted molar refractivity (Wildman–Crippen MR) is 144 cm³/mol. The second-order valence-corrected chi connectivity index (χ2v) is 11.8. The van der Waals surface area contributed by atoms with Crippen molar-refractivity contribution >= 4 is 27.9 Å². The summed E-state index contributed by atoms with van der Waals surface area (Å²) < 4.78 is 31.9. The Morgan fingerprint density at radius 3 is 2.74 bits per heavy atom. The Hall–Kier alpha value is -3.51. The molecule has 0 amide bonds. The summed E-state index contributed by atoms with van der Waals surface area (Å²) >= 11 is 0. The normalized spacial score (nSPS) is 18.8. The number of carboxylic acid groups (broad SMARTS) is 1. The van der Waals surface area contributed by atoms with E-state index in [1.54, 1.807) is 40.4 Å². The molecule has 0 radical (unpaired) electrons. The number of aryl methyl sites for hydroxylation is 3. The second kappa shape index (κ2) is 9.99. The van der Waals surface area contributed by atoms with Crippen molar-refractivity contribution in [3.8, 4) is 5.75 Å². The lowest BCUT2D eigenvalue weighted by atomic mass is 9.85. The first kappa shape index (κ1) is 26.1. The van der Waals surface area contributed by atoms with Crippen LogP contribution in [0.25, 0.3) is 11.2 Å². The van der Waals surface area contributed by atoms with Crippen LogP contribution in [0, 0.1) is 13.8 Å². The van der Waals surface area contributed by atoms with E-state index in [2.05, 4.69) is 15.3 Å². The van der Waals surface area contributed by atoms with Gasteiger partial charge in [-0.05, 0) is 60.7 Å². The van der Waals surface area contributed by atoms with Crippen molar-refractivity contribution in [1.29, 1.82) is 0 Å². The molecule has 3 heterocycles. The summed E-state index contributed by atoms with van der Waals surface area (Å²) in [5, 5.41) is 18.1. The van der Waals surface area contributed by atoms with Crippen LogP contribution in [0.4, 0.5) is 0 Å². The summed E-state index contributed by atoms with van der Waals surface area (Å²) in [6.45, 7) is 6.33. The standard InChI is InChI=1S/C27H31N5O5S/c1-16-9-10-19(21(12-25(33)34)22-13-28-27-26(18(22)3)29-30-31(27)4)11-20(16)15-32-14-17(2)37-23-7-5-6-8-24(23)38(32,35)36/h5-11,13,17,21,35-36H,12,14-15H2,1-4H3,(H,33,34)/t17-,21?/m1/s1. The van der Waals surface area contributed by atoms with E-state index in [9.17, 15) is 19.0 Å². The zero-order valence-corrected chi connectivity index (χ0v) is 22.5. The van der Waals surface area contributed by atoms with E-state index in [4.69, 9.17) is 4.74 Å². The van der Waals surface area contributed by atoms with Crippen LogP contribution in [0.1, 0.15) is 47.1 Å². The zero-order valence-electron chi connectivity index (χ0n) is 21.7. The molecule has 0 bridgehead atoms. The third-order valence-corrected chi connectivity index (χ3v) is 9.01. The van der Waals surface area contributed by atoms with Crippen molar-refractivity contribution in [3.05, 3.63) is 76.5 Å². The molecule has 10 nitrogen and oxygen atoms in total. The lowest BCUT2D eigenvalue weighted by Gasteiger charge is -2.42. The van der Waals surface area contributed by atoms with E-state index >= 15 is 0 Å². The molecule has 2 atom stereocenters. The molecule has 3 N–H and O–H groups in total. The summed E-state index contributed by atoms with van der Waals surface area (Å²) in [5.74, 6) is -0.935. The molecule has 0 aliphatic carbocycles. The number of hydrogen-bond donors (Lipinski definition) is 3. The average molecular weight is 538 g/mol. The van der Waals surface area contributed by atoms with Crippen LogP contribution in [0.3, 0.4) is 0 Å². The zero-order chi connectivity index (χ0) is 27.2. The number of pyridine rings is 1. The Balaban J connectivity index is 1.54. The summed E-state index contributed by atoms with van der Waals surface area (Å²) in [5.41, 5.74) is 5.51. The topological polar surface area (TPSA) is 134 Å². The Kier molecular flexibility index (Phi) is 6.86. The number of carbonyl (C=O) groups is 1. The summed E-state index contributed by atoms with van der Waals surface area (Å²) in [6, 6.07) is 12.8. The number of carboxylic acids is 1. The SMILES string of the molecule is Cc1ccc(C(CC(=O)O)c2cnc3c(nnn3C)c2C)cc1CN1C[C@@H](C)Oc2ccccc2S1(O)O. The molecular formula is C27H31N5O5S. The van der Waals surface area contributed by atoms with Crippen LogP contribution in [0.15, 0.2) is 53.6 Å². The van der Waals surface area contributed by atoms with Crippen molar-refractivity contribution in [1.82, 2.24) is 24.3 Å². The molecule has 1 aliphatic heterocycles. The Labute approximate surface area is 222 Å². The monoisotopic (exact) mass is 537 g/mol. The van der Waals surface area contributed by atoms with Crippen molar-refractivity contribution in [2.24, 2.45) is 7.05 Å². The fourth-order valence-electron chi connectivity index (χ4n) is 5.02. The highest BCUT2D eigenvalue weighted by atomic mass is 32.3. The number of para-hydroxylation sites is 1. The van der Waals surface area contributed by atoms with Gasteiger partial charge in [-0.2, -0.15) is 4.31 Å². The molecule has 0 saturated heterocycles. The van der Waals surface area contributed by atoms with Crippen LogP contribution in [0.5, 0.6) is 5.75 Å². The van der Waals surface area contributed by atoms with Gasteiger partial charge >= 0.3 is 5.97 Å². The third-order valence-electron chi connectivity index (χ3n) is 7.08. The van der Waals surface area contributed by atoms with E-state index in [1.807, 2.05) is 45.0 Å². The molecule has 5 rings (SSSR count). The van der Waals surface area contributed by atoms with E-state index in [1.165, 1.54) is 0 Å². The fourth-order valence-corrected chi connectivity index (χ4v) is 6.68. The molecule has 1 aliphatic rings. The molecule has 4 aromatic rings. The Bertz CT molecular complexity index is 1520. The minimum absolute atomic E-state index is 0.131. The average Bonchev–Trinajstić information content (AvgIpc) is 3.21. The van der Waals surface area contributed by atoms with Gasteiger partial charge in [0.15, 0.2) is 5.65 Å². The number of rotatable bonds is 6. The van der Waals surface area contributed by atoms with E-state index in [0.717, 1.165) is 27.8 Å². The van der Waals surface area contributed by atoms with Crippen LogP contribution in [-0.2, 0) is 18.4 Å². The van der Waals surface area contributed by atoms with Crippen LogP contribution >= 0.6 is 10.8 Å². The van der Waals surface area contributed by atoms with Gasteiger partial charge in [-0.1, -0.05) is 35.5 Å². The van der Waals surface area contributed by atoms with Crippen molar-refractivity contribution < 1.29 is 23.7 Å². The predicted octanol–water partition coefficient (Wildman–Crippen LogP) is 4.89. The van der Waals surface area contributed by atoms with Crippen molar-refractivity contribution in [2.75, 3.05) is 6.54 Å². The molecular weight excluding hydrogens is 506 g/mol. The highest BCUT2D eigenvalue weighted by molar-refractivity contribution is 8.22. The van der Waals surface area contributed by atoms with E-state index < -0.39 is 22.7 Å². The minimum Gasteiger partial charge on any atom is -0.487 e. The highest BCUT2D eigenvalue weighted by Crippen LogP contribution is 2.57. The second-order valence-electron chi connectivity index (χ2n) is 9.78. The molecule has 2 aromatic carbocycles. The third kappa shape index (κ3) is 4.73. The number of ether oxygens (including phenoxy) is 1. The van der Waals surface area contributed by atoms with E-state index in [0.29, 0.717) is 28.4 Å². The maximum atomic E-state index is 11.9.